The van der Waals surface area contributed by atoms with Gasteiger partial charge in [0.05, 0.1) is 6.54 Å². The van der Waals surface area contributed by atoms with E-state index in [4.69, 9.17) is 0 Å². The number of nitrogens with zero attached hydrogens (tertiary/aromatic N) is 5. The smallest absolute Gasteiger partial charge is 0.194 e. The zero-order valence-electron chi connectivity index (χ0n) is 12.7. The van der Waals surface area contributed by atoms with Crippen LogP contribution in [-0.4, -0.2) is 45.8 Å². The van der Waals surface area contributed by atoms with Crippen molar-refractivity contribution in [2.45, 2.75) is 26.8 Å². The Hall–Kier alpha value is -0.860. The molecule has 114 valence electrons. The van der Waals surface area contributed by atoms with Crippen LogP contribution in [-0.2, 0) is 13.6 Å². The van der Waals surface area contributed by atoms with E-state index in [0.717, 1.165) is 36.7 Å². The van der Waals surface area contributed by atoms with Crippen LogP contribution in [0.15, 0.2) is 11.3 Å². The van der Waals surface area contributed by atoms with Crippen LogP contribution in [0.3, 0.4) is 0 Å². The van der Waals surface area contributed by atoms with Crippen LogP contribution in [0.25, 0.3) is 0 Å². The van der Waals surface area contributed by atoms with Crippen LogP contribution in [0.2, 0.25) is 0 Å². The Kier molecular flexibility index (Phi) is 6.70. The van der Waals surface area contributed by atoms with Crippen molar-refractivity contribution in [1.82, 2.24) is 25.0 Å². The van der Waals surface area contributed by atoms with Gasteiger partial charge >= 0.3 is 0 Å². The molecule has 7 heteroatoms. The van der Waals surface area contributed by atoms with Crippen molar-refractivity contribution >= 4 is 29.9 Å². The van der Waals surface area contributed by atoms with Crippen LogP contribution < -0.4 is 5.32 Å². The molecule has 6 nitrogen and oxygen atoms in total. The van der Waals surface area contributed by atoms with Gasteiger partial charge in [-0.15, -0.1) is 24.0 Å². The summed E-state index contributed by atoms with van der Waals surface area (Å²) in [6.45, 7) is 7.41. The number of likely N-dealkylation sites (tertiary alicyclic amines) is 1. The van der Waals surface area contributed by atoms with E-state index in [9.17, 15) is 0 Å². The summed E-state index contributed by atoms with van der Waals surface area (Å²) in [6.07, 6.45) is 2.88. The molecular formula is C13H25IN6. The Balaban J connectivity index is 0.00000200. The molecule has 0 amide bonds. The third-order valence-corrected chi connectivity index (χ3v) is 3.59. The standard InChI is InChI=1S/C13H24N6.HI/c1-10-5-11(2)8-19(7-10)13(14-3)15-6-12-16-9-17-18(12)4;/h9-11H,5-8H2,1-4H3,(H,14,15);1H. The molecule has 0 bridgehead atoms. The topological polar surface area (TPSA) is 58.3 Å². The molecule has 1 aromatic heterocycles. The first-order valence-corrected chi connectivity index (χ1v) is 6.88. The Morgan fingerprint density at radius 2 is 2.05 bits per heavy atom. The van der Waals surface area contributed by atoms with Gasteiger partial charge in [0.1, 0.15) is 12.2 Å². The van der Waals surface area contributed by atoms with Crippen LogP contribution in [0.5, 0.6) is 0 Å². The van der Waals surface area contributed by atoms with Gasteiger partial charge in [-0.3, -0.25) is 9.67 Å². The molecule has 2 unspecified atom stereocenters. The molecule has 0 spiro atoms. The van der Waals surface area contributed by atoms with E-state index in [1.54, 1.807) is 11.0 Å². The molecule has 0 saturated carbocycles. The zero-order chi connectivity index (χ0) is 13.8. The van der Waals surface area contributed by atoms with Gasteiger partial charge < -0.3 is 10.2 Å². The Bertz CT molecular complexity index is 434. The van der Waals surface area contributed by atoms with Crippen LogP contribution in [0.1, 0.15) is 26.1 Å². The average molecular weight is 392 g/mol. The number of halogens is 1. The lowest BCUT2D eigenvalue weighted by Crippen LogP contribution is -2.48. The first-order chi connectivity index (χ1) is 9.10. The van der Waals surface area contributed by atoms with Crippen molar-refractivity contribution in [1.29, 1.82) is 0 Å². The number of aromatic nitrogens is 3. The number of guanidine groups is 1. The van der Waals surface area contributed by atoms with Crippen LogP contribution in [0.4, 0.5) is 0 Å². The van der Waals surface area contributed by atoms with Gasteiger partial charge in [0.25, 0.3) is 0 Å². The second-order valence-corrected chi connectivity index (χ2v) is 5.55. The minimum Gasteiger partial charge on any atom is -0.349 e. The number of hydrogen-bond donors (Lipinski definition) is 1. The van der Waals surface area contributed by atoms with Gasteiger partial charge in [0.15, 0.2) is 5.96 Å². The molecule has 2 rings (SSSR count). The van der Waals surface area contributed by atoms with Gasteiger partial charge in [0, 0.05) is 27.2 Å². The highest BCUT2D eigenvalue weighted by Crippen LogP contribution is 2.20. The van der Waals surface area contributed by atoms with Gasteiger partial charge in [-0.25, -0.2) is 4.98 Å². The molecule has 1 fully saturated rings. The molecule has 2 heterocycles. The summed E-state index contributed by atoms with van der Waals surface area (Å²) in [7, 11) is 3.74. The summed E-state index contributed by atoms with van der Waals surface area (Å²) in [5, 5.41) is 7.45. The number of nitrogens with one attached hydrogen (secondary N) is 1. The normalized spacial score (nSPS) is 23.4. The predicted molar refractivity (Wildman–Crippen MR) is 91.1 cm³/mol. The van der Waals surface area contributed by atoms with E-state index in [0.29, 0.717) is 6.54 Å². The van der Waals surface area contributed by atoms with Crippen molar-refractivity contribution in [3.63, 3.8) is 0 Å². The largest absolute Gasteiger partial charge is 0.349 e. The second-order valence-electron chi connectivity index (χ2n) is 5.55. The number of hydrogen-bond acceptors (Lipinski definition) is 3. The molecule has 20 heavy (non-hydrogen) atoms. The Morgan fingerprint density at radius 3 is 2.55 bits per heavy atom. The highest BCUT2D eigenvalue weighted by atomic mass is 127. The molecule has 1 N–H and O–H groups in total. The lowest BCUT2D eigenvalue weighted by molar-refractivity contribution is 0.208. The fourth-order valence-electron chi connectivity index (χ4n) is 2.81. The van der Waals surface area contributed by atoms with Crippen molar-refractivity contribution in [2.24, 2.45) is 23.9 Å². The van der Waals surface area contributed by atoms with Gasteiger partial charge in [-0.05, 0) is 18.3 Å². The van der Waals surface area contributed by atoms with E-state index in [-0.39, 0.29) is 24.0 Å². The molecule has 0 aromatic carbocycles. The number of aliphatic imine (C=N–C) groups is 1. The highest BCUT2D eigenvalue weighted by molar-refractivity contribution is 14.0. The Labute approximate surface area is 138 Å². The maximum Gasteiger partial charge on any atom is 0.194 e. The zero-order valence-corrected chi connectivity index (χ0v) is 15.0. The molecule has 1 aliphatic rings. The summed E-state index contributed by atoms with van der Waals surface area (Å²) >= 11 is 0. The van der Waals surface area contributed by atoms with Gasteiger partial charge in [-0.2, -0.15) is 5.10 Å². The van der Waals surface area contributed by atoms with Crippen molar-refractivity contribution in [2.75, 3.05) is 20.1 Å². The first kappa shape index (κ1) is 17.2. The van der Waals surface area contributed by atoms with Crippen molar-refractivity contribution in [3.05, 3.63) is 12.2 Å². The summed E-state index contributed by atoms with van der Waals surface area (Å²) in [5.74, 6) is 3.31. The van der Waals surface area contributed by atoms with Gasteiger partial charge in [-0.1, -0.05) is 13.8 Å². The maximum absolute atomic E-state index is 4.38. The van der Waals surface area contributed by atoms with E-state index in [1.807, 2.05) is 14.1 Å². The van der Waals surface area contributed by atoms with E-state index >= 15 is 0 Å². The van der Waals surface area contributed by atoms with E-state index in [2.05, 4.69) is 39.1 Å². The fraction of sp³-hybridized carbons (Fsp3) is 0.769. The maximum atomic E-state index is 4.38. The lowest BCUT2D eigenvalue weighted by atomic mass is 9.92. The van der Waals surface area contributed by atoms with Gasteiger partial charge in [0.2, 0.25) is 0 Å². The van der Waals surface area contributed by atoms with Crippen molar-refractivity contribution < 1.29 is 0 Å². The minimum absolute atomic E-state index is 0. The summed E-state index contributed by atoms with van der Waals surface area (Å²) in [6, 6.07) is 0. The van der Waals surface area contributed by atoms with Crippen LogP contribution >= 0.6 is 24.0 Å². The van der Waals surface area contributed by atoms with Crippen LogP contribution in [0, 0.1) is 11.8 Å². The Morgan fingerprint density at radius 1 is 1.40 bits per heavy atom. The van der Waals surface area contributed by atoms with E-state index < -0.39 is 0 Å². The molecule has 1 saturated heterocycles. The van der Waals surface area contributed by atoms with Crippen molar-refractivity contribution in [3.8, 4) is 0 Å². The first-order valence-electron chi connectivity index (χ1n) is 6.88. The third kappa shape index (κ3) is 4.32. The summed E-state index contributed by atoms with van der Waals surface area (Å²) in [5.41, 5.74) is 0. The number of aryl methyl sites for hydroxylation is 1. The molecule has 1 aliphatic heterocycles. The lowest BCUT2D eigenvalue weighted by Gasteiger charge is -2.37. The minimum atomic E-state index is 0. The fourth-order valence-corrected chi connectivity index (χ4v) is 2.81. The molecule has 1 aromatic rings. The predicted octanol–water partition coefficient (Wildman–Crippen LogP) is 1.49. The third-order valence-electron chi connectivity index (χ3n) is 3.59. The second kappa shape index (κ2) is 7.80. The monoisotopic (exact) mass is 392 g/mol. The number of rotatable bonds is 2. The summed E-state index contributed by atoms with van der Waals surface area (Å²) in [4.78, 5) is 10.9. The summed E-state index contributed by atoms with van der Waals surface area (Å²) < 4.78 is 1.78. The molecule has 0 radical (unpaired) electrons. The molecular weight excluding hydrogens is 367 g/mol. The number of piperidine rings is 1. The molecule has 2 atom stereocenters. The quantitative estimate of drug-likeness (QED) is 0.471. The SMILES string of the molecule is CN=C(NCc1ncnn1C)N1CC(C)CC(C)C1.I. The molecule has 0 aliphatic carbocycles. The highest BCUT2D eigenvalue weighted by Gasteiger charge is 2.24. The average Bonchev–Trinajstić information content (AvgIpc) is 2.75. The van der Waals surface area contributed by atoms with E-state index in [1.165, 1.54) is 6.42 Å².